The largest absolute Gasteiger partial charge is 0.308 e. The van der Waals surface area contributed by atoms with E-state index >= 15 is 0 Å². The zero-order valence-corrected chi connectivity index (χ0v) is 6.92. The van der Waals surface area contributed by atoms with Crippen LogP contribution in [0.25, 0.3) is 5.70 Å². The van der Waals surface area contributed by atoms with Gasteiger partial charge in [-0.25, -0.2) is 4.39 Å². The number of allylic oxidation sites excluding steroid dienone is 2. The van der Waals surface area contributed by atoms with E-state index in [4.69, 9.17) is 0 Å². The fourth-order valence-corrected chi connectivity index (χ4v) is 1.18. The average Bonchev–Trinajstić information content (AvgIpc) is 2.19. The summed E-state index contributed by atoms with van der Waals surface area (Å²) in [7, 11) is 0. The molecule has 3 heteroatoms. The van der Waals surface area contributed by atoms with Gasteiger partial charge in [0.25, 0.3) is 0 Å². The molecule has 1 aromatic carbocycles. The van der Waals surface area contributed by atoms with E-state index in [1.54, 1.807) is 12.3 Å². The molecule has 0 saturated carbocycles. The topological polar surface area (TPSA) is 24.1 Å². The second-order valence-corrected chi connectivity index (χ2v) is 2.72. The molecule has 0 saturated heterocycles. The molecular formula is C10H9FN2. The fourth-order valence-electron chi connectivity index (χ4n) is 1.18. The highest BCUT2D eigenvalue weighted by molar-refractivity contribution is 5.65. The van der Waals surface area contributed by atoms with E-state index in [1.165, 1.54) is 12.1 Å². The van der Waals surface area contributed by atoms with Gasteiger partial charge in [0, 0.05) is 11.8 Å². The first-order valence-corrected chi connectivity index (χ1v) is 4.00. The first-order valence-electron chi connectivity index (χ1n) is 4.00. The Labute approximate surface area is 75.7 Å². The molecule has 66 valence electrons. The third-order valence-electron chi connectivity index (χ3n) is 1.78. The number of hydrazine groups is 1. The highest BCUT2D eigenvalue weighted by Crippen LogP contribution is 2.13. The van der Waals surface area contributed by atoms with Crippen molar-refractivity contribution in [2.24, 2.45) is 0 Å². The van der Waals surface area contributed by atoms with Gasteiger partial charge in [-0.2, -0.15) is 0 Å². The molecule has 13 heavy (non-hydrogen) atoms. The maximum Gasteiger partial charge on any atom is 0.123 e. The van der Waals surface area contributed by atoms with Crippen molar-refractivity contribution in [2.75, 3.05) is 0 Å². The van der Waals surface area contributed by atoms with Gasteiger partial charge in [0.05, 0.1) is 5.70 Å². The zero-order chi connectivity index (χ0) is 9.10. The summed E-state index contributed by atoms with van der Waals surface area (Å²) in [6, 6.07) is 6.45. The Morgan fingerprint density at radius 2 is 2.15 bits per heavy atom. The first kappa shape index (κ1) is 7.86. The zero-order valence-electron chi connectivity index (χ0n) is 6.92. The van der Waals surface area contributed by atoms with Crippen LogP contribution in [0, 0.1) is 5.82 Å². The number of hydrogen-bond acceptors (Lipinski definition) is 2. The third kappa shape index (κ3) is 1.69. The molecule has 0 atom stereocenters. The molecule has 1 aromatic rings. The normalized spacial score (nSPS) is 14.4. The van der Waals surface area contributed by atoms with Crippen molar-refractivity contribution in [1.82, 2.24) is 10.9 Å². The van der Waals surface area contributed by atoms with Crippen molar-refractivity contribution in [1.29, 1.82) is 0 Å². The quantitative estimate of drug-likeness (QED) is 0.681. The van der Waals surface area contributed by atoms with Crippen molar-refractivity contribution >= 4 is 5.70 Å². The van der Waals surface area contributed by atoms with E-state index in [1.807, 2.05) is 18.2 Å². The van der Waals surface area contributed by atoms with Crippen LogP contribution in [0.5, 0.6) is 0 Å². The van der Waals surface area contributed by atoms with Gasteiger partial charge in [0.15, 0.2) is 0 Å². The van der Waals surface area contributed by atoms with Crippen LogP contribution < -0.4 is 10.9 Å². The van der Waals surface area contributed by atoms with E-state index in [-0.39, 0.29) is 5.82 Å². The van der Waals surface area contributed by atoms with Crippen LogP contribution >= 0.6 is 0 Å². The minimum Gasteiger partial charge on any atom is -0.308 e. The Balaban J connectivity index is 2.34. The molecule has 1 aliphatic heterocycles. The molecule has 2 N–H and O–H groups in total. The van der Waals surface area contributed by atoms with Gasteiger partial charge in [0.2, 0.25) is 0 Å². The Morgan fingerprint density at radius 3 is 2.85 bits per heavy atom. The standard InChI is InChI=1S/C10H9FN2/c11-9-4-1-3-8(7-9)10-5-2-6-12-13-10/h1-7,12-13H. The average molecular weight is 176 g/mol. The van der Waals surface area contributed by atoms with Crippen LogP contribution in [-0.2, 0) is 0 Å². The summed E-state index contributed by atoms with van der Waals surface area (Å²) >= 11 is 0. The van der Waals surface area contributed by atoms with Gasteiger partial charge in [-0.3, -0.25) is 0 Å². The predicted molar refractivity (Wildman–Crippen MR) is 49.8 cm³/mol. The van der Waals surface area contributed by atoms with Crippen LogP contribution in [0.15, 0.2) is 42.6 Å². The van der Waals surface area contributed by atoms with E-state index in [0.717, 1.165) is 11.3 Å². The summed E-state index contributed by atoms with van der Waals surface area (Å²) in [5, 5.41) is 0. The maximum atomic E-state index is 12.8. The highest BCUT2D eigenvalue weighted by Gasteiger charge is 2.01. The lowest BCUT2D eigenvalue weighted by molar-refractivity contribution is 0.627. The molecule has 2 rings (SSSR count). The molecule has 1 aliphatic rings. The van der Waals surface area contributed by atoms with Crippen molar-refractivity contribution in [3.63, 3.8) is 0 Å². The Bertz CT molecular complexity index is 369. The van der Waals surface area contributed by atoms with Crippen molar-refractivity contribution in [3.8, 4) is 0 Å². The van der Waals surface area contributed by atoms with E-state index in [2.05, 4.69) is 10.9 Å². The second kappa shape index (κ2) is 3.31. The van der Waals surface area contributed by atoms with Gasteiger partial charge in [-0.15, -0.1) is 0 Å². The van der Waals surface area contributed by atoms with Gasteiger partial charge in [-0.1, -0.05) is 12.1 Å². The van der Waals surface area contributed by atoms with Crippen molar-refractivity contribution in [3.05, 3.63) is 54.0 Å². The molecule has 0 amide bonds. The summed E-state index contributed by atoms with van der Waals surface area (Å²) in [5.41, 5.74) is 7.45. The lowest BCUT2D eigenvalue weighted by Gasteiger charge is -2.13. The van der Waals surface area contributed by atoms with Crippen LogP contribution in [0.3, 0.4) is 0 Å². The lowest BCUT2D eigenvalue weighted by Crippen LogP contribution is -2.26. The van der Waals surface area contributed by atoms with E-state index in [0.29, 0.717) is 0 Å². The summed E-state index contributed by atoms with van der Waals surface area (Å²) < 4.78 is 12.8. The molecule has 0 aromatic heterocycles. The van der Waals surface area contributed by atoms with E-state index in [9.17, 15) is 4.39 Å². The highest BCUT2D eigenvalue weighted by atomic mass is 19.1. The van der Waals surface area contributed by atoms with Crippen LogP contribution in [-0.4, -0.2) is 0 Å². The summed E-state index contributed by atoms with van der Waals surface area (Å²) in [5.74, 6) is -0.227. The van der Waals surface area contributed by atoms with Crippen molar-refractivity contribution in [2.45, 2.75) is 0 Å². The van der Waals surface area contributed by atoms with Crippen LogP contribution in [0.1, 0.15) is 5.56 Å². The molecule has 0 fully saturated rings. The summed E-state index contributed by atoms with van der Waals surface area (Å²) in [6.45, 7) is 0. The minimum atomic E-state index is -0.227. The molecule has 0 radical (unpaired) electrons. The summed E-state index contributed by atoms with van der Waals surface area (Å²) in [6.07, 6.45) is 5.50. The van der Waals surface area contributed by atoms with Gasteiger partial charge < -0.3 is 10.9 Å². The molecule has 1 heterocycles. The summed E-state index contributed by atoms with van der Waals surface area (Å²) in [4.78, 5) is 0. The van der Waals surface area contributed by atoms with Gasteiger partial charge >= 0.3 is 0 Å². The van der Waals surface area contributed by atoms with Gasteiger partial charge in [-0.05, 0) is 24.3 Å². The van der Waals surface area contributed by atoms with E-state index < -0.39 is 0 Å². The smallest absolute Gasteiger partial charge is 0.123 e. The first-order chi connectivity index (χ1) is 6.36. The molecule has 0 spiro atoms. The van der Waals surface area contributed by atoms with Crippen LogP contribution in [0.2, 0.25) is 0 Å². The molecule has 2 nitrogen and oxygen atoms in total. The number of halogens is 1. The molecular weight excluding hydrogens is 167 g/mol. The Kier molecular flexibility index (Phi) is 2.00. The molecule has 0 bridgehead atoms. The van der Waals surface area contributed by atoms with Gasteiger partial charge in [0.1, 0.15) is 5.82 Å². The lowest BCUT2D eigenvalue weighted by atomic mass is 10.1. The monoisotopic (exact) mass is 176 g/mol. The Morgan fingerprint density at radius 1 is 1.23 bits per heavy atom. The third-order valence-corrected chi connectivity index (χ3v) is 1.78. The Hall–Kier alpha value is -1.77. The van der Waals surface area contributed by atoms with Crippen LogP contribution in [0.4, 0.5) is 4.39 Å². The SMILES string of the molecule is Fc1cccc(C2=CC=CNN2)c1. The fraction of sp³-hybridized carbons (Fsp3) is 0. The predicted octanol–water partition coefficient (Wildman–Crippen LogP) is 1.79. The number of hydrogen-bond donors (Lipinski definition) is 2. The second-order valence-electron chi connectivity index (χ2n) is 2.72. The molecule has 0 aliphatic carbocycles. The molecule has 0 unspecified atom stereocenters. The number of nitrogens with one attached hydrogen (secondary N) is 2. The minimum absolute atomic E-state index is 0.227. The van der Waals surface area contributed by atoms with Crippen molar-refractivity contribution < 1.29 is 4.39 Å². The maximum absolute atomic E-state index is 12.8. The number of benzene rings is 1. The number of rotatable bonds is 1.